The molecule has 1 N–H and O–H groups in total. The van der Waals surface area contributed by atoms with E-state index in [1.807, 2.05) is 38.3 Å². The number of rotatable bonds is 2. The van der Waals surface area contributed by atoms with Crippen molar-refractivity contribution in [3.63, 3.8) is 0 Å². The largest absolute Gasteiger partial charge is 0.342 e. The molecule has 2 atom stereocenters. The number of thiophene rings is 1. The highest BCUT2D eigenvalue weighted by molar-refractivity contribution is 7.09. The summed E-state index contributed by atoms with van der Waals surface area (Å²) in [6.07, 6.45) is 0. The molecule has 19 heavy (non-hydrogen) atoms. The van der Waals surface area contributed by atoms with Crippen LogP contribution in [0.15, 0.2) is 17.5 Å². The molecule has 2 unspecified atom stereocenters. The minimum absolute atomic E-state index is 0.00741. The van der Waals surface area contributed by atoms with E-state index in [2.05, 4.69) is 5.32 Å². The molecule has 4 nitrogen and oxygen atoms in total. The maximum atomic E-state index is 12.6. The summed E-state index contributed by atoms with van der Waals surface area (Å²) in [5.74, 6) is -0.0657. The first-order valence-corrected chi connectivity index (χ1v) is 7.32. The van der Waals surface area contributed by atoms with Crippen LogP contribution in [0.3, 0.4) is 0 Å². The lowest BCUT2D eigenvalue weighted by Crippen LogP contribution is -2.65. The topological polar surface area (TPSA) is 49.4 Å². The van der Waals surface area contributed by atoms with Crippen LogP contribution in [0.5, 0.6) is 0 Å². The van der Waals surface area contributed by atoms with Gasteiger partial charge in [0.25, 0.3) is 0 Å². The van der Waals surface area contributed by atoms with Gasteiger partial charge in [0, 0.05) is 4.88 Å². The lowest BCUT2D eigenvalue weighted by atomic mass is 9.84. The van der Waals surface area contributed by atoms with Gasteiger partial charge in [-0.1, -0.05) is 26.8 Å². The van der Waals surface area contributed by atoms with E-state index in [0.717, 1.165) is 4.88 Å². The summed E-state index contributed by atoms with van der Waals surface area (Å²) in [5.41, 5.74) is -0.277. The third-order valence-electron chi connectivity index (χ3n) is 3.44. The molecule has 104 valence electrons. The fourth-order valence-electron chi connectivity index (χ4n) is 2.20. The number of amides is 2. The summed E-state index contributed by atoms with van der Waals surface area (Å²) in [6, 6.07) is 3.09. The number of hydrogen-bond donors (Lipinski definition) is 1. The van der Waals surface area contributed by atoms with Gasteiger partial charge in [-0.3, -0.25) is 9.59 Å². The molecule has 2 amide bonds. The van der Waals surface area contributed by atoms with Crippen molar-refractivity contribution in [1.29, 1.82) is 0 Å². The van der Waals surface area contributed by atoms with Crippen molar-refractivity contribution in [3.05, 3.63) is 22.4 Å². The minimum atomic E-state index is -0.448. The fourth-order valence-corrected chi connectivity index (χ4v) is 2.90. The summed E-state index contributed by atoms with van der Waals surface area (Å²) in [4.78, 5) is 27.4. The highest BCUT2D eigenvalue weighted by atomic mass is 32.1. The molecule has 0 radical (unpaired) electrons. The van der Waals surface area contributed by atoms with Crippen molar-refractivity contribution in [2.24, 2.45) is 5.41 Å². The van der Waals surface area contributed by atoms with Crippen LogP contribution in [-0.4, -0.2) is 28.8 Å². The Hall–Kier alpha value is -1.36. The normalized spacial score (nSPS) is 24.5. The van der Waals surface area contributed by atoms with E-state index in [1.165, 1.54) is 0 Å². The molecule has 1 aliphatic rings. The van der Waals surface area contributed by atoms with Gasteiger partial charge in [-0.15, -0.1) is 11.3 Å². The van der Waals surface area contributed by atoms with Gasteiger partial charge in [-0.05, 0) is 23.8 Å². The zero-order valence-corrected chi connectivity index (χ0v) is 12.6. The third-order valence-corrected chi connectivity index (χ3v) is 4.30. The first-order chi connectivity index (χ1) is 8.80. The lowest BCUT2D eigenvalue weighted by Gasteiger charge is -2.42. The molecular weight excluding hydrogens is 260 g/mol. The van der Waals surface area contributed by atoms with Crippen molar-refractivity contribution >= 4 is 23.2 Å². The summed E-state index contributed by atoms with van der Waals surface area (Å²) >= 11 is 1.60. The van der Waals surface area contributed by atoms with Crippen molar-refractivity contribution in [2.75, 3.05) is 0 Å². The molecule has 1 aromatic heterocycles. The van der Waals surface area contributed by atoms with Crippen molar-refractivity contribution in [3.8, 4) is 0 Å². The molecule has 0 bridgehead atoms. The SMILES string of the molecule is CC1C(=O)NC(C(C)(C)C)C(=O)N1Cc1cccs1. The number of nitrogens with one attached hydrogen (secondary N) is 1. The molecule has 2 rings (SSSR count). The Morgan fingerprint density at radius 3 is 2.58 bits per heavy atom. The Morgan fingerprint density at radius 2 is 2.05 bits per heavy atom. The quantitative estimate of drug-likeness (QED) is 0.901. The van der Waals surface area contributed by atoms with Gasteiger partial charge in [0.15, 0.2) is 0 Å². The molecular formula is C14H20N2O2S. The first-order valence-electron chi connectivity index (χ1n) is 6.44. The van der Waals surface area contributed by atoms with Gasteiger partial charge in [-0.25, -0.2) is 0 Å². The van der Waals surface area contributed by atoms with E-state index in [4.69, 9.17) is 0 Å². The second-order valence-electron chi connectivity index (χ2n) is 6.03. The summed E-state index contributed by atoms with van der Waals surface area (Å²) in [5, 5.41) is 4.82. The molecule has 1 fully saturated rings. The molecule has 0 aromatic carbocycles. The molecule has 0 saturated carbocycles. The predicted molar refractivity (Wildman–Crippen MR) is 75.7 cm³/mol. The van der Waals surface area contributed by atoms with Gasteiger partial charge in [-0.2, -0.15) is 0 Å². The maximum absolute atomic E-state index is 12.6. The monoisotopic (exact) mass is 280 g/mol. The predicted octanol–water partition coefficient (Wildman–Crippen LogP) is 2.01. The summed E-state index contributed by atoms with van der Waals surface area (Å²) < 4.78 is 0. The molecule has 5 heteroatoms. The molecule has 1 saturated heterocycles. The Kier molecular flexibility index (Phi) is 3.67. The van der Waals surface area contributed by atoms with Crippen molar-refractivity contribution in [2.45, 2.75) is 46.3 Å². The van der Waals surface area contributed by atoms with Crippen LogP contribution in [-0.2, 0) is 16.1 Å². The molecule has 1 aromatic rings. The number of carbonyl (C=O) groups is 2. The average molecular weight is 280 g/mol. The van der Waals surface area contributed by atoms with Crippen LogP contribution in [0.2, 0.25) is 0 Å². The lowest BCUT2D eigenvalue weighted by molar-refractivity contribution is -0.152. The highest BCUT2D eigenvalue weighted by Gasteiger charge is 2.43. The van der Waals surface area contributed by atoms with Crippen LogP contribution in [0.25, 0.3) is 0 Å². The summed E-state index contributed by atoms with van der Waals surface area (Å²) in [6.45, 7) is 8.19. The van der Waals surface area contributed by atoms with Crippen LogP contribution >= 0.6 is 11.3 Å². The molecule has 2 heterocycles. The van der Waals surface area contributed by atoms with E-state index in [1.54, 1.807) is 23.2 Å². The molecule has 0 aliphatic carbocycles. The Bertz CT molecular complexity index is 476. The smallest absolute Gasteiger partial charge is 0.246 e. The average Bonchev–Trinajstić information content (AvgIpc) is 2.80. The van der Waals surface area contributed by atoms with E-state index in [-0.39, 0.29) is 17.2 Å². The Labute approximate surface area is 117 Å². The zero-order chi connectivity index (χ0) is 14.2. The van der Waals surface area contributed by atoms with Crippen LogP contribution in [0, 0.1) is 5.41 Å². The van der Waals surface area contributed by atoms with E-state index in [9.17, 15) is 9.59 Å². The van der Waals surface area contributed by atoms with Gasteiger partial charge in [0.2, 0.25) is 11.8 Å². The minimum Gasteiger partial charge on any atom is -0.342 e. The van der Waals surface area contributed by atoms with Crippen LogP contribution in [0.1, 0.15) is 32.6 Å². The number of hydrogen-bond acceptors (Lipinski definition) is 3. The molecule has 1 aliphatic heterocycles. The first kappa shape index (κ1) is 14.1. The second kappa shape index (κ2) is 4.96. The Morgan fingerprint density at radius 1 is 1.37 bits per heavy atom. The third kappa shape index (κ3) is 2.81. The van der Waals surface area contributed by atoms with E-state index >= 15 is 0 Å². The van der Waals surface area contributed by atoms with E-state index < -0.39 is 12.1 Å². The second-order valence-corrected chi connectivity index (χ2v) is 7.06. The van der Waals surface area contributed by atoms with Gasteiger partial charge in [0.05, 0.1) is 6.54 Å². The summed E-state index contributed by atoms with van der Waals surface area (Å²) in [7, 11) is 0. The Balaban J connectivity index is 2.24. The van der Waals surface area contributed by atoms with Gasteiger partial charge in [0.1, 0.15) is 12.1 Å². The van der Waals surface area contributed by atoms with Crippen molar-refractivity contribution in [1.82, 2.24) is 10.2 Å². The maximum Gasteiger partial charge on any atom is 0.246 e. The van der Waals surface area contributed by atoms with Crippen LogP contribution < -0.4 is 5.32 Å². The zero-order valence-electron chi connectivity index (χ0n) is 11.8. The number of carbonyl (C=O) groups excluding carboxylic acids is 2. The standard InChI is InChI=1S/C14H20N2O2S/c1-9-12(17)15-11(14(2,3)4)13(18)16(9)8-10-6-5-7-19-10/h5-7,9,11H,8H2,1-4H3,(H,15,17). The van der Waals surface area contributed by atoms with Crippen LogP contribution in [0.4, 0.5) is 0 Å². The number of piperazine rings is 1. The van der Waals surface area contributed by atoms with Gasteiger partial charge >= 0.3 is 0 Å². The molecule has 0 spiro atoms. The highest BCUT2D eigenvalue weighted by Crippen LogP contribution is 2.26. The van der Waals surface area contributed by atoms with E-state index in [0.29, 0.717) is 6.54 Å². The van der Waals surface area contributed by atoms with Gasteiger partial charge < -0.3 is 10.2 Å². The fraction of sp³-hybridized carbons (Fsp3) is 0.571. The van der Waals surface area contributed by atoms with Crippen molar-refractivity contribution < 1.29 is 9.59 Å². The number of nitrogens with zero attached hydrogens (tertiary/aromatic N) is 1.